The van der Waals surface area contributed by atoms with Crippen molar-refractivity contribution in [3.8, 4) is 0 Å². The van der Waals surface area contributed by atoms with Gasteiger partial charge < -0.3 is 14.8 Å². The minimum absolute atomic E-state index is 0.137. The smallest absolute Gasteiger partial charge is 0.194 e. The molecule has 1 aliphatic rings. The van der Waals surface area contributed by atoms with Crippen LogP contribution in [0.5, 0.6) is 0 Å². The maximum atomic E-state index is 14.1. The maximum absolute atomic E-state index is 14.1. The van der Waals surface area contributed by atoms with Gasteiger partial charge in [0.05, 0.1) is 12.4 Å². The summed E-state index contributed by atoms with van der Waals surface area (Å²) in [5.74, 6) is 0.190. The number of aliphatic imine (C=N–C) groups is 1. The Hall–Kier alpha value is -2.44. The van der Waals surface area contributed by atoms with Crippen molar-refractivity contribution in [3.63, 3.8) is 0 Å². The van der Waals surface area contributed by atoms with Crippen LogP contribution in [0.15, 0.2) is 41.9 Å². The Morgan fingerprint density at radius 2 is 2.21 bits per heavy atom. The zero-order valence-corrected chi connectivity index (χ0v) is 16.8. The SMILES string of the molecule is CCNC(=NCC(C)c1ccc(F)cc1F)N1CCC(C)C(n2ccnc2)C1. The van der Waals surface area contributed by atoms with Gasteiger partial charge in [0.25, 0.3) is 0 Å². The van der Waals surface area contributed by atoms with E-state index in [4.69, 9.17) is 4.99 Å². The second kappa shape index (κ2) is 9.17. The quantitative estimate of drug-likeness (QED) is 0.625. The summed E-state index contributed by atoms with van der Waals surface area (Å²) >= 11 is 0. The lowest BCUT2D eigenvalue weighted by Gasteiger charge is -2.39. The Bertz CT molecular complexity index is 790. The van der Waals surface area contributed by atoms with E-state index in [2.05, 4.69) is 26.7 Å². The van der Waals surface area contributed by atoms with Crippen LogP contribution in [-0.2, 0) is 0 Å². The number of nitrogens with zero attached hydrogens (tertiary/aromatic N) is 4. The molecule has 3 unspecified atom stereocenters. The fourth-order valence-electron chi connectivity index (χ4n) is 3.74. The highest BCUT2D eigenvalue weighted by Gasteiger charge is 2.29. The van der Waals surface area contributed by atoms with E-state index in [1.54, 1.807) is 0 Å². The van der Waals surface area contributed by atoms with Crippen LogP contribution in [0.4, 0.5) is 8.78 Å². The second-order valence-electron chi connectivity index (χ2n) is 7.55. The predicted molar refractivity (Wildman–Crippen MR) is 107 cm³/mol. The number of hydrogen-bond acceptors (Lipinski definition) is 2. The van der Waals surface area contributed by atoms with Crippen LogP contribution >= 0.6 is 0 Å². The summed E-state index contributed by atoms with van der Waals surface area (Å²) in [5, 5.41) is 3.36. The number of nitrogens with one attached hydrogen (secondary N) is 1. The molecule has 0 spiro atoms. The fourth-order valence-corrected chi connectivity index (χ4v) is 3.74. The van der Waals surface area contributed by atoms with E-state index < -0.39 is 11.6 Å². The molecule has 0 radical (unpaired) electrons. The Balaban J connectivity index is 1.73. The van der Waals surface area contributed by atoms with Gasteiger partial charge >= 0.3 is 0 Å². The molecule has 1 N–H and O–H groups in total. The third-order valence-electron chi connectivity index (χ3n) is 5.47. The monoisotopic (exact) mass is 389 g/mol. The molecule has 2 heterocycles. The maximum Gasteiger partial charge on any atom is 0.194 e. The molecule has 1 saturated heterocycles. The third kappa shape index (κ3) is 4.69. The van der Waals surface area contributed by atoms with Crippen molar-refractivity contribution in [3.05, 3.63) is 54.1 Å². The zero-order valence-electron chi connectivity index (χ0n) is 16.8. The molecule has 0 bridgehead atoms. The number of halogens is 2. The third-order valence-corrected chi connectivity index (χ3v) is 5.47. The Morgan fingerprint density at radius 3 is 2.89 bits per heavy atom. The Kier molecular flexibility index (Phi) is 6.65. The topological polar surface area (TPSA) is 45.5 Å². The Labute approximate surface area is 165 Å². The van der Waals surface area contributed by atoms with Crippen LogP contribution < -0.4 is 5.32 Å². The number of rotatable bonds is 5. The molecular formula is C21H29F2N5. The van der Waals surface area contributed by atoms with Crippen molar-refractivity contribution < 1.29 is 8.78 Å². The largest absolute Gasteiger partial charge is 0.357 e. The van der Waals surface area contributed by atoms with E-state index in [1.165, 1.54) is 12.1 Å². The number of hydrogen-bond donors (Lipinski definition) is 1. The van der Waals surface area contributed by atoms with E-state index in [9.17, 15) is 8.78 Å². The fraction of sp³-hybridized carbons (Fsp3) is 0.524. The molecule has 1 aliphatic heterocycles. The number of imidazole rings is 1. The molecular weight excluding hydrogens is 360 g/mol. The number of aromatic nitrogens is 2. The van der Waals surface area contributed by atoms with Crippen LogP contribution in [0.1, 0.15) is 44.7 Å². The first-order valence-corrected chi connectivity index (χ1v) is 9.95. The zero-order chi connectivity index (χ0) is 20.1. The molecule has 0 amide bonds. The minimum Gasteiger partial charge on any atom is -0.357 e. The molecule has 7 heteroatoms. The highest BCUT2D eigenvalue weighted by molar-refractivity contribution is 5.80. The predicted octanol–water partition coefficient (Wildman–Crippen LogP) is 3.81. The summed E-state index contributed by atoms with van der Waals surface area (Å²) < 4.78 is 29.4. The standard InChI is InChI=1S/C21H29F2N5/c1-4-25-21(26-12-16(3)18-6-5-17(22)11-19(18)23)27-9-7-15(2)20(13-27)28-10-8-24-14-28/h5-6,8,10-11,14-16,20H,4,7,9,12-13H2,1-3H3,(H,25,26). The lowest BCUT2D eigenvalue weighted by atomic mass is 9.93. The van der Waals surface area contributed by atoms with E-state index in [0.29, 0.717) is 24.1 Å². The highest BCUT2D eigenvalue weighted by atomic mass is 19.1. The van der Waals surface area contributed by atoms with Crippen molar-refractivity contribution in [2.45, 2.75) is 39.2 Å². The van der Waals surface area contributed by atoms with Gasteiger partial charge in [-0.1, -0.05) is 19.9 Å². The van der Waals surface area contributed by atoms with E-state index in [0.717, 1.165) is 38.1 Å². The average molecular weight is 389 g/mol. The normalized spacial score (nSPS) is 21.6. The van der Waals surface area contributed by atoms with Crippen LogP contribution in [0.3, 0.4) is 0 Å². The average Bonchev–Trinajstić information content (AvgIpc) is 3.20. The summed E-state index contributed by atoms with van der Waals surface area (Å²) in [5.41, 5.74) is 0.490. The molecule has 2 aromatic rings. The van der Waals surface area contributed by atoms with Crippen molar-refractivity contribution >= 4 is 5.96 Å². The first kappa shape index (κ1) is 20.3. The van der Waals surface area contributed by atoms with E-state index in [1.807, 2.05) is 32.6 Å². The molecule has 152 valence electrons. The molecule has 1 fully saturated rings. The van der Waals surface area contributed by atoms with Gasteiger partial charge in [-0.15, -0.1) is 0 Å². The first-order chi connectivity index (χ1) is 13.5. The molecule has 1 aromatic heterocycles. The lowest BCUT2D eigenvalue weighted by Crippen LogP contribution is -2.49. The van der Waals surface area contributed by atoms with Gasteiger partial charge in [0.1, 0.15) is 11.6 Å². The van der Waals surface area contributed by atoms with Crippen molar-refractivity contribution in [2.75, 3.05) is 26.2 Å². The van der Waals surface area contributed by atoms with Crippen LogP contribution in [0.2, 0.25) is 0 Å². The lowest BCUT2D eigenvalue weighted by molar-refractivity contribution is 0.189. The number of benzene rings is 1. The van der Waals surface area contributed by atoms with Gasteiger partial charge in [0.2, 0.25) is 0 Å². The van der Waals surface area contributed by atoms with Crippen LogP contribution in [0, 0.1) is 17.6 Å². The summed E-state index contributed by atoms with van der Waals surface area (Å²) in [6, 6.07) is 4.08. The van der Waals surface area contributed by atoms with E-state index in [-0.39, 0.29) is 5.92 Å². The summed E-state index contributed by atoms with van der Waals surface area (Å²) in [6.45, 7) is 9.20. The molecule has 1 aromatic carbocycles. The second-order valence-corrected chi connectivity index (χ2v) is 7.55. The first-order valence-electron chi connectivity index (χ1n) is 9.95. The van der Waals surface area contributed by atoms with Gasteiger partial charge in [-0.3, -0.25) is 4.99 Å². The molecule has 0 saturated carbocycles. The number of guanidine groups is 1. The van der Waals surface area contributed by atoms with Crippen molar-refractivity contribution in [1.82, 2.24) is 19.8 Å². The van der Waals surface area contributed by atoms with Gasteiger partial charge in [0.15, 0.2) is 5.96 Å². The van der Waals surface area contributed by atoms with Gasteiger partial charge in [0, 0.05) is 50.6 Å². The van der Waals surface area contributed by atoms with Crippen LogP contribution in [0.25, 0.3) is 0 Å². The Morgan fingerprint density at radius 1 is 1.39 bits per heavy atom. The van der Waals surface area contributed by atoms with Crippen molar-refractivity contribution in [1.29, 1.82) is 0 Å². The molecule has 28 heavy (non-hydrogen) atoms. The molecule has 3 atom stereocenters. The molecule has 3 rings (SSSR count). The van der Waals surface area contributed by atoms with Crippen molar-refractivity contribution in [2.24, 2.45) is 10.9 Å². The highest BCUT2D eigenvalue weighted by Crippen LogP contribution is 2.27. The van der Waals surface area contributed by atoms with Gasteiger partial charge in [-0.25, -0.2) is 13.8 Å². The number of likely N-dealkylation sites (tertiary alicyclic amines) is 1. The summed E-state index contributed by atoms with van der Waals surface area (Å²) in [4.78, 5) is 11.2. The van der Waals surface area contributed by atoms with E-state index >= 15 is 0 Å². The van der Waals surface area contributed by atoms with Gasteiger partial charge in [-0.05, 0) is 30.9 Å². The molecule has 5 nitrogen and oxygen atoms in total. The van der Waals surface area contributed by atoms with Crippen LogP contribution in [-0.4, -0.2) is 46.6 Å². The van der Waals surface area contributed by atoms with Gasteiger partial charge in [-0.2, -0.15) is 0 Å². The summed E-state index contributed by atoms with van der Waals surface area (Å²) in [7, 11) is 0. The summed E-state index contributed by atoms with van der Waals surface area (Å²) in [6.07, 6.45) is 6.75. The number of piperidine rings is 1. The minimum atomic E-state index is -0.557. The molecule has 0 aliphatic carbocycles.